The summed E-state index contributed by atoms with van der Waals surface area (Å²) in [7, 11) is 0. The summed E-state index contributed by atoms with van der Waals surface area (Å²) >= 11 is 0. The zero-order valence-corrected chi connectivity index (χ0v) is 6.23. The van der Waals surface area contributed by atoms with Crippen LogP contribution >= 0.6 is 0 Å². The van der Waals surface area contributed by atoms with Crippen LogP contribution in [0.15, 0.2) is 18.6 Å². The number of aryl methyl sites for hydroxylation is 1. The Labute approximate surface area is 63.9 Å². The summed E-state index contributed by atoms with van der Waals surface area (Å²) in [5.41, 5.74) is 0.858. The molecule has 0 saturated heterocycles. The number of hydrogen-bond donors (Lipinski definition) is 0. The van der Waals surface area contributed by atoms with Gasteiger partial charge in [-0.05, 0) is 0 Å². The Morgan fingerprint density at radius 1 is 1.55 bits per heavy atom. The summed E-state index contributed by atoms with van der Waals surface area (Å²) in [5.74, 6) is 0.859. The molecular formula is C7H8N4. The van der Waals surface area contributed by atoms with Crippen LogP contribution in [0.25, 0.3) is 5.65 Å². The van der Waals surface area contributed by atoms with Crippen molar-refractivity contribution in [2.75, 3.05) is 0 Å². The molecular weight excluding hydrogens is 140 g/mol. The normalized spacial score (nSPS) is 10.6. The summed E-state index contributed by atoms with van der Waals surface area (Å²) in [6.07, 6.45) is 4.26. The van der Waals surface area contributed by atoms with Crippen molar-refractivity contribution < 1.29 is 0 Å². The second kappa shape index (κ2) is 2.30. The smallest absolute Gasteiger partial charge is 0.158 e. The third kappa shape index (κ3) is 0.960. The summed E-state index contributed by atoms with van der Waals surface area (Å²) < 4.78 is 1.65. The second-order valence-electron chi connectivity index (χ2n) is 2.26. The first-order valence-corrected chi connectivity index (χ1v) is 3.55. The average Bonchev–Trinajstić information content (AvgIpc) is 2.50. The highest BCUT2D eigenvalue weighted by atomic mass is 15.3. The lowest BCUT2D eigenvalue weighted by Gasteiger charge is -1.94. The first-order valence-electron chi connectivity index (χ1n) is 3.55. The maximum atomic E-state index is 4.24. The van der Waals surface area contributed by atoms with E-state index < -0.39 is 0 Å². The highest BCUT2D eigenvalue weighted by molar-refractivity contribution is 5.34. The van der Waals surface area contributed by atoms with Gasteiger partial charge in [0.2, 0.25) is 0 Å². The first kappa shape index (κ1) is 6.27. The number of nitrogens with zero attached hydrogens (tertiary/aromatic N) is 4. The van der Waals surface area contributed by atoms with Gasteiger partial charge in [-0.3, -0.25) is 0 Å². The van der Waals surface area contributed by atoms with Gasteiger partial charge in [-0.15, -0.1) is 0 Å². The SMILES string of the molecule is CCc1ncn2nccc2n1. The fourth-order valence-electron chi connectivity index (χ4n) is 0.938. The lowest BCUT2D eigenvalue weighted by Crippen LogP contribution is -1.97. The molecule has 0 amide bonds. The minimum Gasteiger partial charge on any atom is -0.221 e. The molecule has 2 aromatic heterocycles. The summed E-state index contributed by atoms with van der Waals surface area (Å²) in [6.45, 7) is 2.03. The molecule has 2 aromatic rings. The Kier molecular flexibility index (Phi) is 1.31. The third-order valence-electron chi connectivity index (χ3n) is 1.53. The fraction of sp³-hybridized carbons (Fsp3) is 0.286. The molecule has 0 N–H and O–H groups in total. The van der Waals surface area contributed by atoms with Crippen molar-refractivity contribution in [3.8, 4) is 0 Å². The van der Waals surface area contributed by atoms with Gasteiger partial charge >= 0.3 is 0 Å². The molecule has 0 aliphatic heterocycles. The molecule has 56 valence electrons. The van der Waals surface area contributed by atoms with Crippen molar-refractivity contribution in [3.63, 3.8) is 0 Å². The maximum absolute atomic E-state index is 4.24. The minimum atomic E-state index is 0.858. The highest BCUT2D eigenvalue weighted by Crippen LogP contribution is 1.97. The molecule has 0 aromatic carbocycles. The first-order chi connectivity index (χ1) is 5.40. The van der Waals surface area contributed by atoms with E-state index >= 15 is 0 Å². The summed E-state index contributed by atoms with van der Waals surface area (Å²) in [4.78, 5) is 8.33. The van der Waals surface area contributed by atoms with E-state index in [9.17, 15) is 0 Å². The van der Waals surface area contributed by atoms with Crippen molar-refractivity contribution in [1.82, 2.24) is 19.6 Å². The van der Waals surface area contributed by atoms with E-state index in [1.54, 1.807) is 17.0 Å². The Morgan fingerprint density at radius 3 is 3.27 bits per heavy atom. The molecule has 0 aliphatic carbocycles. The molecule has 0 unspecified atom stereocenters. The summed E-state index contributed by atoms with van der Waals surface area (Å²) in [5, 5.41) is 3.99. The Morgan fingerprint density at radius 2 is 2.45 bits per heavy atom. The van der Waals surface area contributed by atoms with E-state index in [-0.39, 0.29) is 0 Å². The van der Waals surface area contributed by atoms with Gasteiger partial charge in [0.1, 0.15) is 12.2 Å². The second-order valence-corrected chi connectivity index (χ2v) is 2.26. The third-order valence-corrected chi connectivity index (χ3v) is 1.53. The predicted octanol–water partition coefficient (Wildman–Crippen LogP) is 0.687. The molecule has 0 atom stereocenters. The van der Waals surface area contributed by atoms with Gasteiger partial charge in [-0.1, -0.05) is 6.92 Å². The maximum Gasteiger partial charge on any atom is 0.158 e. The molecule has 0 spiro atoms. The van der Waals surface area contributed by atoms with Crippen LogP contribution in [0.3, 0.4) is 0 Å². The van der Waals surface area contributed by atoms with Gasteiger partial charge in [0.25, 0.3) is 0 Å². The largest absolute Gasteiger partial charge is 0.221 e. The molecule has 4 nitrogen and oxygen atoms in total. The number of fused-ring (bicyclic) bond motifs is 1. The molecule has 11 heavy (non-hydrogen) atoms. The molecule has 0 bridgehead atoms. The van der Waals surface area contributed by atoms with Crippen molar-refractivity contribution >= 4 is 5.65 Å². The average molecular weight is 148 g/mol. The highest BCUT2D eigenvalue weighted by Gasteiger charge is 1.95. The van der Waals surface area contributed by atoms with Crippen LogP contribution in [-0.4, -0.2) is 19.6 Å². The minimum absolute atomic E-state index is 0.858. The van der Waals surface area contributed by atoms with Gasteiger partial charge in [0, 0.05) is 12.5 Å². The van der Waals surface area contributed by atoms with Crippen molar-refractivity contribution in [2.45, 2.75) is 13.3 Å². The van der Waals surface area contributed by atoms with Crippen molar-refractivity contribution in [2.24, 2.45) is 0 Å². The molecule has 0 saturated carbocycles. The molecule has 2 heterocycles. The monoisotopic (exact) mass is 148 g/mol. The Hall–Kier alpha value is -1.45. The van der Waals surface area contributed by atoms with Crippen LogP contribution in [0.1, 0.15) is 12.7 Å². The van der Waals surface area contributed by atoms with Crippen LogP contribution in [0.2, 0.25) is 0 Å². The van der Waals surface area contributed by atoms with Gasteiger partial charge in [0.15, 0.2) is 5.65 Å². The number of aromatic nitrogens is 4. The molecule has 2 rings (SSSR count). The quantitative estimate of drug-likeness (QED) is 0.597. The van der Waals surface area contributed by atoms with E-state index in [0.29, 0.717) is 0 Å². The van der Waals surface area contributed by atoms with E-state index in [0.717, 1.165) is 17.9 Å². The molecule has 0 aliphatic rings. The fourth-order valence-corrected chi connectivity index (χ4v) is 0.938. The van der Waals surface area contributed by atoms with Crippen LogP contribution in [0.4, 0.5) is 0 Å². The standard InChI is InChI=1S/C7H8N4/c1-2-6-8-5-11-7(10-6)3-4-9-11/h3-5H,2H2,1H3. The van der Waals surface area contributed by atoms with Gasteiger partial charge in [0.05, 0.1) is 6.20 Å². The number of rotatable bonds is 1. The van der Waals surface area contributed by atoms with Gasteiger partial charge in [-0.2, -0.15) is 5.10 Å². The van der Waals surface area contributed by atoms with Crippen molar-refractivity contribution in [1.29, 1.82) is 0 Å². The van der Waals surface area contributed by atoms with E-state index in [1.165, 1.54) is 0 Å². The molecule has 0 radical (unpaired) electrons. The van der Waals surface area contributed by atoms with Crippen LogP contribution in [-0.2, 0) is 6.42 Å². The topological polar surface area (TPSA) is 43.1 Å². The molecule has 4 heteroatoms. The van der Waals surface area contributed by atoms with E-state index in [2.05, 4.69) is 15.1 Å². The van der Waals surface area contributed by atoms with Crippen LogP contribution in [0, 0.1) is 0 Å². The van der Waals surface area contributed by atoms with E-state index in [1.807, 2.05) is 13.0 Å². The van der Waals surface area contributed by atoms with Crippen LogP contribution in [0.5, 0.6) is 0 Å². The Balaban J connectivity index is 2.67. The van der Waals surface area contributed by atoms with Gasteiger partial charge < -0.3 is 0 Å². The number of hydrogen-bond acceptors (Lipinski definition) is 3. The lowest BCUT2D eigenvalue weighted by atomic mass is 10.4. The lowest BCUT2D eigenvalue weighted by molar-refractivity contribution is 0.840. The van der Waals surface area contributed by atoms with E-state index in [4.69, 9.17) is 0 Å². The van der Waals surface area contributed by atoms with Crippen LogP contribution < -0.4 is 0 Å². The zero-order chi connectivity index (χ0) is 7.68. The van der Waals surface area contributed by atoms with Gasteiger partial charge in [-0.25, -0.2) is 14.5 Å². The zero-order valence-electron chi connectivity index (χ0n) is 6.23. The molecule has 0 fully saturated rings. The summed E-state index contributed by atoms with van der Waals surface area (Å²) in [6, 6.07) is 1.86. The predicted molar refractivity (Wildman–Crippen MR) is 40.2 cm³/mol. The Bertz CT molecular complexity index is 365. The van der Waals surface area contributed by atoms with Crippen molar-refractivity contribution in [3.05, 3.63) is 24.4 Å².